The maximum absolute atomic E-state index is 12.0. The highest BCUT2D eigenvalue weighted by atomic mass is 16.1. The molecule has 0 N–H and O–H groups in total. The number of fused-ring (bicyclic) bond motifs is 1. The van der Waals surface area contributed by atoms with E-state index in [1.165, 1.54) is 37.7 Å². The summed E-state index contributed by atoms with van der Waals surface area (Å²) in [5.74, 6) is 0.836. The molecule has 0 bridgehead atoms. The van der Waals surface area contributed by atoms with E-state index in [2.05, 4.69) is 29.3 Å². The Morgan fingerprint density at radius 1 is 0.826 bits per heavy atom. The monoisotopic (exact) mass is 303 g/mol. The summed E-state index contributed by atoms with van der Waals surface area (Å²) in [6.07, 6.45) is 6.73. The summed E-state index contributed by atoms with van der Waals surface area (Å²) in [5.41, 5.74) is 5.29. The first kappa shape index (κ1) is 14.4. The van der Waals surface area contributed by atoms with E-state index in [4.69, 9.17) is 0 Å². The van der Waals surface area contributed by atoms with Crippen LogP contribution in [0.15, 0.2) is 53.5 Å². The van der Waals surface area contributed by atoms with E-state index in [0.717, 1.165) is 28.3 Å². The molecule has 2 heteroatoms. The van der Waals surface area contributed by atoms with Crippen molar-refractivity contribution < 1.29 is 4.79 Å². The zero-order valence-electron chi connectivity index (χ0n) is 13.3. The summed E-state index contributed by atoms with van der Waals surface area (Å²) in [5, 5.41) is 0. The average molecular weight is 303 g/mol. The van der Waals surface area contributed by atoms with Crippen LogP contribution in [-0.2, 0) is 0 Å². The van der Waals surface area contributed by atoms with Gasteiger partial charge in [0.2, 0.25) is 0 Å². The maximum Gasteiger partial charge on any atom is 0.184 e. The molecule has 1 heterocycles. The quantitative estimate of drug-likeness (QED) is 0.786. The van der Waals surface area contributed by atoms with Crippen LogP contribution in [0.5, 0.6) is 0 Å². The number of hydrogen-bond acceptors (Lipinski definition) is 2. The molecule has 2 aromatic rings. The van der Waals surface area contributed by atoms with E-state index in [-0.39, 0.29) is 12.3 Å². The lowest BCUT2D eigenvalue weighted by Crippen LogP contribution is -2.19. The molecule has 0 aromatic heterocycles. The van der Waals surface area contributed by atoms with Gasteiger partial charge in [-0.25, -0.2) is 0 Å². The molecule has 0 radical (unpaired) electrons. The number of ketones is 1. The summed E-state index contributed by atoms with van der Waals surface area (Å²) >= 11 is 0. The number of Topliss-reactive ketones (excluding diaryl/α,β-unsaturated/α-hetero) is 1. The van der Waals surface area contributed by atoms with E-state index in [1.807, 2.05) is 24.3 Å². The molecule has 4 rings (SSSR count). The second kappa shape index (κ2) is 6.11. The second-order valence-electron chi connectivity index (χ2n) is 6.59. The zero-order chi connectivity index (χ0) is 15.6. The number of carbonyl (C=O) groups excluding carboxylic acids is 1. The Balaban J connectivity index is 1.65. The average Bonchev–Trinajstić information content (AvgIpc) is 2.63. The second-order valence-corrected chi connectivity index (χ2v) is 6.59. The topological polar surface area (TPSA) is 29.4 Å². The largest absolute Gasteiger partial charge is 0.292 e. The number of hydrogen-bond donors (Lipinski definition) is 0. The molecule has 2 aliphatic rings. The minimum atomic E-state index is 0.114. The highest BCUT2D eigenvalue weighted by Gasteiger charge is 2.21. The molecule has 0 saturated heterocycles. The van der Waals surface area contributed by atoms with Crippen molar-refractivity contribution in [1.29, 1.82) is 0 Å². The van der Waals surface area contributed by atoms with E-state index in [0.29, 0.717) is 0 Å². The molecule has 1 saturated carbocycles. The van der Waals surface area contributed by atoms with Gasteiger partial charge in [0.1, 0.15) is 6.54 Å². The Morgan fingerprint density at radius 2 is 1.52 bits per heavy atom. The lowest BCUT2D eigenvalue weighted by molar-refractivity contribution is 0.1000. The highest BCUT2D eigenvalue weighted by Crippen LogP contribution is 2.33. The van der Waals surface area contributed by atoms with Crippen LogP contribution in [0.4, 0.5) is 0 Å². The van der Waals surface area contributed by atoms with Crippen LogP contribution in [-0.4, -0.2) is 18.0 Å². The molecule has 116 valence electrons. The minimum Gasteiger partial charge on any atom is -0.292 e. The molecule has 0 atom stereocenters. The van der Waals surface area contributed by atoms with Gasteiger partial charge in [0, 0.05) is 16.7 Å². The molecule has 1 aliphatic carbocycles. The lowest BCUT2D eigenvalue weighted by atomic mass is 9.83. The van der Waals surface area contributed by atoms with Crippen molar-refractivity contribution in [1.82, 2.24) is 0 Å². The lowest BCUT2D eigenvalue weighted by Gasteiger charge is -2.22. The Bertz CT molecular complexity index is 752. The van der Waals surface area contributed by atoms with Gasteiger partial charge in [-0.2, -0.15) is 0 Å². The number of carbonyl (C=O) groups is 1. The van der Waals surface area contributed by atoms with Crippen LogP contribution in [0.2, 0.25) is 0 Å². The third kappa shape index (κ3) is 2.74. The number of aliphatic imine (C=N–C) groups is 1. The Labute approximate surface area is 137 Å². The third-order valence-electron chi connectivity index (χ3n) is 5.12. The fraction of sp³-hybridized carbons (Fsp3) is 0.333. The summed E-state index contributed by atoms with van der Waals surface area (Å²) in [6, 6.07) is 16.7. The van der Waals surface area contributed by atoms with Crippen molar-refractivity contribution in [3.63, 3.8) is 0 Å². The first-order valence-electron chi connectivity index (χ1n) is 8.60. The van der Waals surface area contributed by atoms with Gasteiger partial charge in [-0.1, -0.05) is 67.8 Å². The minimum absolute atomic E-state index is 0.114. The maximum atomic E-state index is 12.0. The van der Waals surface area contributed by atoms with E-state index in [9.17, 15) is 4.79 Å². The van der Waals surface area contributed by atoms with Gasteiger partial charge in [0.15, 0.2) is 5.78 Å². The zero-order valence-corrected chi connectivity index (χ0v) is 13.3. The van der Waals surface area contributed by atoms with Gasteiger partial charge in [-0.05, 0) is 24.3 Å². The molecule has 0 spiro atoms. The summed E-state index contributed by atoms with van der Waals surface area (Å²) in [7, 11) is 0. The van der Waals surface area contributed by atoms with Crippen molar-refractivity contribution in [3.8, 4) is 0 Å². The van der Waals surface area contributed by atoms with Crippen LogP contribution < -0.4 is 0 Å². The molecule has 0 unspecified atom stereocenters. The third-order valence-corrected chi connectivity index (χ3v) is 5.12. The normalized spacial score (nSPS) is 18.4. The van der Waals surface area contributed by atoms with Crippen molar-refractivity contribution in [2.45, 2.75) is 38.0 Å². The van der Waals surface area contributed by atoms with Gasteiger partial charge in [-0.3, -0.25) is 9.79 Å². The fourth-order valence-corrected chi connectivity index (χ4v) is 3.85. The molecule has 0 amide bonds. The van der Waals surface area contributed by atoms with Crippen molar-refractivity contribution in [2.24, 2.45) is 4.99 Å². The van der Waals surface area contributed by atoms with Gasteiger partial charge in [0.05, 0.1) is 5.71 Å². The highest BCUT2D eigenvalue weighted by molar-refractivity contribution is 6.21. The number of benzene rings is 2. The van der Waals surface area contributed by atoms with Crippen molar-refractivity contribution in [3.05, 3.63) is 70.8 Å². The number of rotatable bonds is 2. The molecule has 23 heavy (non-hydrogen) atoms. The van der Waals surface area contributed by atoms with Crippen LogP contribution in [0.3, 0.4) is 0 Å². The summed E-state index contributed by atoms with van der Waals surface area (Å²) in [4.78, 5) is 16.5. The molecular weight excluding hydrogens is 282 g/mol. The van der Waals surface area contributed by atoms with Crippen LogP contribution in [0, 0.1) is 0 Å². The fourth-order valence-electron chi connectivity index (χ4n) is 3.85. The van der Waals surface area contributed by atoms with Crippen LogP contribution in [0.1, 0.15) is 65.1 Å². The van der Waals surface area contributed by atoms with E-state index >= 15 is 0 Å². The number of nitrogens with zero attached hydrogens (tertiary/aromatic N) is 1. The Morgan fingerprint density at radius 3 is 2.26 bits per heavy atom. The first-order chi connectivity index (χ1) is 11.3. The summed E-state index contributed by atoms with van der Waals surface area (Å²) in [6.45, 7) is 0.261. The van der Waals surface area contributed by atoms with Gasteiger partial charge in [0.25, 0.3) is 0 Å². The van der Waals surface area contributed by atoms with Crippen LogP contribution >= 0.6 is 0 Å². The van der Waals surface area contributed by atoms with Crippen LogP contribution in [0.25, 0.3) is 0 Å². The van der Waals surface area contributed by atoms with E-state index in [1.54, 1.807) is 0 Å². The standard InChI is InChI=1S/C21H21NO/c23-20-14-22-21(19-9-5-4-8-18(19)20)17-12-10-16(11-13-17)15-6-2-1-3-7-15/h4-5,8-13,15H,1-3,6-7,14H2. The Hall–Kier alpha value is -2.22. The SMILES string of the molecule is O=C1CN=C(c2ccc(C3CCCCC3)cc2)c2ccccc21. The van der Waals surface area contributed by atoms with Crippen molar-refractivity contribution in [2.75, 3.05) is 6.54 Å². The van der Waals surface area contributed by atoms with Gasteiger partial charge < -0.3 is 0 Å². The predicted octanol–water partition coefficient (Wildman–Crippen LogP) is 4.77. The van der Waals surface area contributed by atoms with E-state index < -0.39 is 0 Å². The van der Waals surface area contributed by atoms with Crippen molar-refractivity contribution >= 4 is 11.5 Å². The molecule has 2 aromatic carbocycles. The Kier molecular flexibility index (Phi) is 3.82. The molecule has 1 aliphatic heterocycles. The smallest absolute Gasteiger partial charge is 0.184 e. The summed E-state index contributed by atoms with van der Waals surface area (Å²) < 4.78 is 0. The van der Waals surface area contributed by atoms with Gasteiger partial charge >= 0.3 is 0 Å². The molecular formula is C21H21NO. The molecule has 1 fully saturated rings. The van der Waals surface area contributed by atoms with Gasteiger partial charge in [-0.15, -0.1) is 0 Å². The first-order valence-corrected chi connectivity index (χ1v) is 8.60. The molecule has 2 nitrogen and oxygen atoms in total. The predicted molar refractivity (Wildman–Crippen MR) is 93.5 cm³/mol.